The van der Waals surface area contributed by atoms with Crippen LogP contribution in [0.15, 0.2) is 182 Å². The van der Waals surface area contributed by atoms with E-state index in [9.17, 15) is 0 Å². The van der Waals surface area contributed by atoms with Gasteiger partial charge in [0, 0.05) is 45.1 Å². The van der Waals surface area contributed by atoms with Crippen LogP contribution in [0.1, 0.15) is 4.11 Å². The Morgan fingerprint density at radius 3 is 2.02 bits per heavy atom. The number of rotatable bonds is 6. The standard InChI is InChI=1S/C49H33N5O/c1-51-32-52(34-16-11-17-35(30-34)55-36-27-28-39-37-18-5-8-24-44(37)54(46(39)31-36)47-26-9-10-29-50-47)45-25-13-22-42(49(45)51)41-21-12-20-40-38-19-6-7-23-43(38)53(48(40)41)33-14-3-2-4-15-33/h2-31H,1H3/i1D3. The third-order valence-corrected chi connectivity index (χ3v) is 10.5. The largest absolute Gasteiger partial charge is 0.458 e. The first-order chi connectivity index (χ1) is 28.4. The van der Waals surface area contributed by atoms with Crippen LogP contribution in [0.25, 0.3) is 83.0 Å². The van der Waals surface area contributed by atoms with Gasteiger partial charge >= 0.3 is 0 Å². The van der Waals surface area contributed by atoms with E-state index in [1.807, 2.05) is 114 Å². The average molecular weight is 711 g/mol. The van der Waals surface area contributed by atoms with Gasteiger partial charge in [0.1, 0.15) is 17.3 Å². The predicted octanol–water partition coefficient (Wildman–Crippen LogP) is 11.3. The van der Waals surface area contributed by atoms with Crippen molar-refractivity contribution >= 4 is 54.6 Å². The van der Waals surface area contributed by atoms with Gasteiger partial charge in [-0.2, -0.15) is 0 Å². The highest BCUT2D eigenvalue weighted by molar-refractivity contribution is 6.15. The summed E-state index contributed by atoms with van der Waals surface area (Å²) in [5, 5.41) is 4.44. The van der Waals surface area contributed by atoms with Crippen LogP contribution in [0.5, 0.6) is 11.5 Å². The number of imidazole rings is 1. The average Bonchev–Trinajstić information content (AvgIpc) is 3.93. The molecule has 6 nitrogen and oxygen atoms in total. The SMILES string of the molecule is [2H]C([2H])([2H])[n+]1[c-]n(-c2cccc(Oc3ccc4c5ccccc5n(-c5ccccn5)c4c3)c2)c2cccc(-c3cccc4c5ccccc5n(-c5ccccc5)c34)c21. The van der Waals surface area contributed by atoms with Crippen LogP contribution in [0.2, 0.25) is 0 Å². The van der Waals surface area contributed by atoms with E-state index >= 15 is 0 Å². The summed E-state index contributed by atoms with van der Waals surface area (Å²) in [5.41, 5.74) is 8.81. The van der Waals surface area contributed by atoms with Gasteiger partial charge in [0.05, 0.1) is 49.9 Å². The molecule has 0 spiro atoms. The van der Waals surface area contributed by atoms with Crippen LogP contribution in [0, 0.1) is 6.33 Å². The first-order valence-corrected chi connectivity index (χ1v) is 18.2. The van der Waals surface area contributed by atoms with Crippen LogP contribution in [-0.4, -0.2) is 18.7 Å². The molecule has 0 saturated carbocycles. The van der Waals surface area contributed by atoms with Gasteiger partial charge in [-0.05, 0) is 66.2 Å². The molecule has 0 aliphatic heterocycles. The molecule has 0 radical (unpaired) electrons. The number of pyridine rings is 1. The maximum absolute atomic E-state index is 8.71. The van der Waals surface area contributed by atoms with E-state index < -0.39 is 6.98 Å². The van der Waals surface area contributed by atoms with Crippen molar-refractivity contribution in [2.24, 2.45) is 6.98 Å². The number of aryl methyl sites for hydroxylation is 1. The van der Waals surface area contributed by atoms with Crippen molar-refractivity contribution in [3.63, 3.8) is 0 Å². The van der Waals surface area contributed by atoms with E-state index in [2.05, 4.69) is 87.2 Å². The number of benzene rings is 7. The summed E-state index contributed by atoms with van der Waals surface area (Å²) < 4.78 is 40.2. The molecule has 0 saturated heterocycles. The minimum Gasteiger partial charge on any atom is -0.458 e. The maximum Gasteiger partial charge on any atom is 0.244 e. The van der Waals surface area contributed by atoms with Gasteiger partial charge in [0.25, 0.3) is 0 Å². The second-order valence-corrected chi connectivity index (χ2v) is 13.7. The van der Waals surface area contributed by atoms with E-state index in [-0.39, 0.29) is 0 Å². The molecule has 0 amide bonds. The Labute approximate surface area is 321 Å². The Kier molecular flexibility index (Phi) is 6.30. The molecule has 0 bridgehead atoms. The third kappa shape index (κ3) is 4.89. The molecular weight excluding hydrogens is 675 g/mol. The van der Waals surface area contributed by atoms with Crippen molar-refractivity contribution < 1.29 is 13.4 Å². The summed E-state index contributed by atoms with van der Waals surface area (Å²) in [4.78, 5) is 4.67. The maximum atomic E-state index is 8.71. The Morgan fingerprint density at radius 2 is 1.18 bits per heavy atom. The zero-order chi connectivity index (χ0) is 39.0. The first-order valence-electron chi connectivity index (χ1n) is 19.7. The fourth-order valence-electron chi connectivity index (χ4n) is 8.21. The Hall–Kier alpha value is -7.44. The first kappa shape index (κ1) is 28.1. The highest BCUT2D eigenvalue weighted by atomic mass is 16.5. The number of hydrogen-bond donors (Lipinski definition) is 0. The van der Waals surface area contributed by atoms with Crippen molar-refractivity contribution in [3.8, 4) is 39.8 Å². The van der Waals surface area contributed by atoms with E-state index in [0.29, 0.717) is 28.2 Å². The Bertz CT molecular complexity index is 3360. The number of aromatic nitrogens is 5. The number of ether oxygens (including phenoxy) is 1. The second-order valence-electron chi connectivity index (χ2n) is 13.7. The van der Waals surface area contributed by atoms with Gasteiger partial charge in [0.15, 0.2) is 0 Å². The Morgan fingerprint density at radius 1 is 0.527 bits per heavy atom. The fraction of sp³-hybridized carbons (Fsp3) is 0.0204. The molecule has 260 valence electrons. The summed E-state index contributed by atoms with van der Waals surface area (Å²) in [6.07, 6.45) is 5.03. The normalized spacial score (nSPS) is 12.8. The molecule has 0 atom stereocenters. The quantitative estimate of drug-likeness (QED) is 0.127. The van der Waals surface area contributed by atoms with Gasteiger partial charge in [-0.1, -0.05) is 109 Å². The lowest BCUT2D eigenvalue weighted by Gasteiger charge is -2.14. The molecule has 0 aliphatic carbocycles. The third-order valence-electron chi connectivity index (χ3n) is 10.5. The van der Waals surface area contributed by atoms with Crippen molar-refractivity contribution in [1.82, 2.24) is 18.7 Å². The van der Waals surface area contributed by atoms with Crippen LogP contribution in [0.3, 0.4) is 0 Å². The van der Waals surface area contributed by atoms with Gasteiger partial charge in [-0.25, -0.2) is 4.98 Å². The summed E-state index contributed by atoms with van der Waals surface area (Å²) in [7, 11) is 0. The summed E-state index contributed by atoms with van der Waals surface area (Å²) in [6, 6.07) is 58.9. The van der Waals surface area contributed by atoms with E-state index in [0.717, 1.165) is 66.2 Å². The van der Waals surface area contributed by atoms with Crippen molar-refractivity contribution in [2.75, 3.05) is 0 Å². The summed E-state index contributed by atoms with van der Waals surface area (Å²) >= 11 is 0. The van der Waals surface area contributed by atoms with Crippen LogP contribution < -0.4 is 9.30 Å². The van der Waals surface area contributed by atoms with Crippen molar-refractivity contribution in [3.05, 3.63) is 188 Å². The molecule has 0 fully saturated rings. The predicted molar refractivity (Wildman–Crippen MR) is 222 cm³/mol. The molecule has 0 aliphatic rings. The highest BCUT2D eigenvalue weighted by Gasteiger charge is 2.20. The van der Waals surface area contributed by atoms with Crippen molar-refractivity contribution in [1.29, 1.82) is 0 Å². The van der Waals surface area contributed by atoms with E-state index in [1.165, 1.54) is 4.57 Å². The number of fused-ring (bicyclic) bond motifs is 7. The fourth-order valence-corrected chi connectivity index (χ4v) is 8.21. The zero-order valence-corrected chi connectivity index (χ0v) is 29.5. The topological polar surface area (TPSA) is 40.8 Å². The molecule has 4 aromatic heterocycles. The lowest BCUT2D eigenvalue weighted by Crippen LogP contribution is -2.26. The Balaban J connectivity index is 1.06. The van der Waals surface area contributed by atoms with Gasteiger partial charge in [-0.15, -0.1) is 0 Å². The molecule has 6 heteroatoms. The number of hydrogen-bond acceptors (Lipinski definition) is 2. The van der Waals surface area contributed by atoms with Gasteiger partial charge in [0.2, 0.25) is 6.33 Å². The lowest BCUT2D eigenvalue weighted by atomic mass is 10.0. The van der Waals surface area contributed by atoms with Crippen LogP contribution in [-0.2, 0) is 6.98 Å². The monoisotopic (exact) mass is 710 g/mol. The zero-order valence-electron chi connectivity index (χ0n) is 32.5. The molecule has 0 N–H and O–H groups in total. The molecule has 0 unspecified atom stereocenters. The van der Waals surface area contributed by atoms with Crippen LogP contribution in [0.4, 0.5) is 0 Å². The second kappa shape index (κ2) is 12.3. The number of para-hydroxylation sites is 5. The van der Waals surface area contributed by atoms with Crippen LogP contribution >= 0.6 is 0 Å². The van der Waals surface area contributed by atoms with Crippen molar-refractivity contribution in [2.45, 2.75) is 0 Å². The molecule has 4 heterocycles. The smallest absolute Gasteiger partial charge is 0.244 e. The molecule has 55 heavy (non-hydrogen) atoms. The summed E-state index contributed by atoms with van der Waals surface area (Å²) in [5.74, 6) is 2.08. The minimum atomic E-state index is -2.52. The summed E-state index contributed by atoms with van der Waals surface area (Å²) in [6.45, 7) is -2.52. The molecular formula is C49H33N5O. The molecule has 7 aromatic carbocycles. The minimum absolute atomic E-state index is 0.555. The molecule has 11 aromatic rings. The highest BCUT2D eigenvalue weighted by Crippen LogP contribution is 2.40. The number of nitrogens with zero attached hydrogens (tertiary/aromatic N) is 5. The lowest BCUT2D eigenvalue weighted by molar-refractivity contribution is -0.649. The van der Waals surface area contributed by atoms with E-state index in [1.54, 1.807) is 6.20 Å². The van der Waals surface area contributed by atoms with Gasteiger partial charge < -0.3 is 18.4 Å². The van der Waals surface area contributed by atoms with Gasteiger partial charge in [-0.3, -0.25) is 4.57 Å². The van der Waals surface area contributed by atoms with E-state index in [4.69, 9.17) is 8.85 Å². The molecule has 11 rings (SSSR count).